The fourth-order valence-electron chi connectivity index (χ4n) is 4.88. The largest absolute Gasteiger partial charge is 0.350 e. The van der Waals surface area contributed by atoms with Crippen molar-refractivity contribution >= 4 is 22.7 Å². The molecular weight excluding hydrogens is 362 g/mol. The number of rotatable bonds is 3. The molecule has 3 fully saturated rings. The third-order valence-corrected chi connectivity index (χ3v) is 6.40. The van der Waals surface area contributed by atoms with Gasteiger partial charge in [-0.3, -0.25) is 9.59 Å². The van der Waals surface area contributed by atoms with Gasteiger partial charge in [0.05, 0.1) is 11.5 Å². The van der Waals surface area contributed by atoms with Crippen LogP contribution in [-0.4, -0.2) is 45.3 Å². The Bertz CT molecular complexity index is 1070. The average Bonchev–Trinajstić information content (AvgIpc) is 2.89. The van der Waals surface area contributed by atoms with Crippen molar-refractivity contribution in [2.75, 3.05) is 13.1 Å². The summed E-state index contributed by atoms with van der Waals surface area (Å²) in [6.07, 6.45) is 3.75. The molecule has 5 heteroatoms. The number of para-hydroxylation sites is 1. The Labute approximate surface area is 170 Å². The molecule has 148 valence electrons. The van der Waals surface area contributed by atoms with Crippen molar-refractivity contribution in [3.8, 4) is 0 Å². The van der Waals surface area contributed by atoms with Crippen LogP contribution in [-0.2, 0) is 18.4 Å². The summed E-state index contributed by atoms with van der Waals surface area (Å²) >= 11 is 0. The minimum absolute atomic E-state index is 0.0352. The molecule has 2 amide bonds. The summed E-state index contributed by atoms with van der Waals surface area (Å²) in [5.74, 6) is 0.128. The highest BCUT2D eigenvalue weighted by Gasteiger charge is 2.42. The molecule has 6 rings (SSSR count). The van der Waals surface area contributed by atoms with Crippen molar-refractivity contribution in [3.05, 3.63) is 71.9 Å². The molecule has 3 saturated heterocycles. The van der Waals surface area contributed by atoms with Crippen LogP contribution in [0.2, 0.25) is 0 Å². The van der Waals surface area contributed by atoms with Crippen molar-refractivity contribution in [1.82, 2.24) is 14.4 Å². The standard InChI is InChI=1S/C24H25N3O2/c1-25-16-21(20-9-5-6-10-22(20)25)24(29)26-14-18-11-12-19(15-26)27(23(18)28)13-17-7-3-2-4-8-17/h2-10,16,18-19H,11-15H2,1H3/t18-,19+/m1/s1. The van der Waals surface area contributed by atoms with Gasteiger partial charge in [0, 0.05) is 49.8 Å². The van der Waals surface area contributed by atoms with Crippen LogP contribution in [0.25, 0.3) is 10.9 Å². The number of fused-ring (bicyclic) bond motifs is 5. The van der Waals surface area contributed by atoms with Gasteiger partial charge in [-0.1, -0.05) is 48.5 Å². The second-order valence-corrected chi connectivity index (χ2v) is 8.26. The van der Waals surface area contributed by atoms with Gasteiger partial charge in [-0.2, -0.15) is 0 Å². The minimum Gasteiger partial charge on any atom is -0.350 e. The summed E-state index contributed by atoms with van der Waals surface area (Å²) in [5, 5.41) is 0.976. The summed E-state index contributed by atoms with van der Waals surface area (Å²) in [4.78, 5) is 30.5. The van der Waals surface area contributed by atoms with E-state index in [1.54, 1.807) is 0 Å². The number of benzene rings is 2. The first-order valence-corrected chi connectivity index (χ1v) is 10.3. The molecule has 4 heterocycles. The Kier molecular flexibility index (Phi) is 4.38. The Balaban J connectivity index is 1.43. The maximum Gasteiger partial charge on any atom is 0.256 e. The maximum atomic E-state index is 13.5. The highest BCUT2D eigenvalue weighted by Crippen LogP contribution is 2.32. The van der Waals surface area contributed by atoms with E-state index < -0.39 is 0 Å². The number of carbonyl (C=O) groups is 2. The Morgan fingerprint density at radius 3 is 2.59 bits per heavy atom. The second-order valence-electron chi connectivity index (χ2n) is 8.26. The predicted octanol–water partition coefficient (Wildman–Crippen LogP) is 3.44. The molecule has 1 aromatic heterocycles. The van der Waals surface area contributed by atoms with Crippen molar-refractivity contribution in [3.63, 3.8) is 0 Å². The summed E-state index contributed by atoms with van der Waals surface area (Å²) < 4.78 is 2.00. The quantitative estimate of drug-likeness (QED) is 0.691. The molecule has 5 nitrogen and oxygen atoms in total. The van der Waals surface area contributed by atoms with Crippen LogP contribution in [0.4, 0.5) is 0 Å². The van der Waals surface area contributed by atoms with Crippen molar-refractivity contribution in [1.29, 1.82) is 0 Å². The molecule has 3 aromatic rings. The molecule has 0 aliphatic carbocycles. The number of piperidine rings is 1. The lowest BCUT2D eigenvalue weighted by atomic mass is 9.93. The summed E-state index contributed by atoms with van der Waals surface area (Å²) in [6.45, 7) is 1.75. The second kappa shape index (κ2) is 7.07. The molecular formula is C24H25N3O2. The van der Waals surface area contributed by atoms with Gasteiger partial charge >= 0.3 is 0 Å². The molecule has 0 spiro atoms. The first-order chi connectivity index (χ1) is 14.1. The van der Waals surface area contributed by atoms with Gasteiger partial charge in [0.25, 0.3) is 5.91 Å². The van der Waals surface area contributed by atoms with Crippen molar-refractivity contribution < 1.29 is 9.59 Å². The van der Waals surface area contributed by atoms with Crippen LogP contribution in [0.5, 0.6) is 0 Å². The van der Waals surface area contributed by atoms with Gasteiger partial charge in [0.1, 0.15) is 0 Å². The van der Waals surface area contributed by atoms with E-state index in [0.717, 1.165) is 34.9 Å². The van der Waals surface area contributed by atoms with E-state index in [4.69, 9.17) is 0 Å². The lowest BCUT2D eigenvalue weighted by molar-refractivity contribution is -0.140. The van der Waals surface area contributed by atoms with E-state index in [0.29, 0.717) is 19.6 Å². The van der Waals surface area contributed by atoms with Gasteiger partial charge in [0.15, 0.2) is 0 Å². The van der Waals surface area contributed by atoms with Crippen LogP contribution >= 0.6 is 0 Å². The average molecular weight is 387 g/mol. The fraction of sp³-hybridized carbons (Fsp3) is 0.333. The zero-order chi connectivity index (χ0) is 20.0. The van der Waals surface area contributed by atoms with E-state index >= 15 is 0 Å². The van der Waals surface area contributed by atoms with Gasteiger partial charge < -0.3 is 14.4 Å². The highest BCUT2D eigenvalue weighted by molar-refractivity contribution is 6.07. The number of amides is 2. The van der Waals surface area contributed by atoms with E-state index in [-0.39, 0.29) is 23.8 Å². The Morgan fingerprint density at radius 1 is 1.00 bits per heavy atom. The predicted molar refractivity (Wildman–Crippen MR) is 112 cm³/mol. The molecule has 0 unspecified atom stereocenters. The summed E-state index contributed by atoms with van der Waals surface area (Å²) in [5.41, 5.74) is 2.92. The van der Waals surface area contributed by atoms with Gasteiger partial charge in [-0.15, -0.1) is 0 Å². The number of hydrogen-bond acceptors (Lipinski definition) is 2. The van der Waals surface area contributed by atoms with Crippen LogP contribution < -0.4 is 0 Å². The Morgan fingerprint density at radius 2 is 1.76 bits per heavy atom. The SMILES string of the molecule is Cn1cc(C(=O)N2C[C@H]3CC[C@@H](C2)N(Cc2ccccc2)C3=O)c2ccccc21. The third-order valence-electron chi connectivity index (χ3n) is 6.40. The molecule has 2 aromatic carbocycles. The lowest BCUT2D eigenvalue weighted by Gasteiger charge is -2.36. The number of hydrogen-bond donors (Lipinski definition) is 0. The fourth-order valence-corrected chi connectivity index (χ4v) is 4.88. The van der Waals surface area contributed by atoms with Crippen LogP contribution in [0, 0.1) is 5.92 Å². The summed E-state index contributed by atoms with van der Waals surface area (Å²) in [6, 6.07) is 18.2. The zero-order valence-corrected chi connectivity index (χ0v) is 16.6. The lowest BCUT2D eigenvalue weighted by Crippen LogP contribution is -2.47. The summed E-state index contributed by atoms with van der Waals surface area (Å²) in [7, 11) is 1.97. The molecule has 0 N–H and O–H groups in total. The first-order valence-electron chi connectivity index (χ1n) is 10.3. The van der Waals surface area contributed by atoms with Gasteiger partial charge in [-0.05, 0) is 24.5 Å². The number of nitrogens with zero attached hydrogens (tertiary/aromatic N) is 3. The monoisotopic (exact) mass is 387 g/mol. The molecule has 0 saturated carbocycles. The molecule has 29 heavy (non-hydrogen) atoms. The maximum absolute atomic E-state index is 13.5. The van der Waals surface area contributed by atoms with Crippen molar-refractivity contribution in [2.24, 2.45) is 13.0 Å². The smallest absolute Gasteiger partial charge is 0.256 e. The first kappa shape index (κ1) is 18.0. The molecule has 2 bridgehead atoms. The van der Waals surface area contributed by atoms with Crippen LogP contribution in [0.1, 0.15) is 28.8 Å². The number of aryl methyl sites for hydroxylation is 1. The minimum atomic E-state index is -0.101. The van der Waals surface area contributed by atoms with E-state index in [9.17, 15) is 9.59 Å². The molecule has 2 atom stereocenters. The topological polar surface area (TPSA) is 45.6 Å². The molecule has 0 radical (unpaired) electrons. The van der Waals surface area contributed by atoms with Crippen LogP contribution in [0.3, 0.4) is 0 Å². The van der Waals surface area contributed by atoms with Gasteiger partial charge in [-0.25, -0.2) is 0 Å². The van der Waals surface area contributed by atoms with Crippen molar-refractivity contribution in [2.45, 2.75) is 25.4 Å². The van der Waals surface area contributed by atoms with E-state index in [1.807, 2.05) is 70.1 Å². The highest BCUT2D eigenvalue weighted by atomic mass is 16.2. The van der Waals surface area contributed by atoms with E-state index in [2.05, 4.69) is 12.1 Å². The number of carbonyl (C=O) groups excluding carboxylic acids is 2. The molecule has 3 aliphatic rings. The normalized spacial score (nSPS) is 21.6. The number of aromatic nitrogens is 1. The zero-order valence-electron chi connectivity index (χ0n) is 16.6. The third kappa shape index (κ3) is 3.11. The molecule has 3 aliphatic heterocycles. The van der Waals surface area contributed by atoms with E-state index in [1.165, 1.54) is 0 Å². The van der Waals surface area contributed by atoms with Gasteiger partial charge in [0.2, 0.25) is 5.91 Å². The van der Waals surface area contributed by atoms with Crippen LogP contribution in [0.15, 0.2) is 60.8 Å². The Hall–Kier alpha value is -3.08.